The fourth-order valence-electron chi connectivity index (χ4n) is 2.96. The van der Waals surface area contributed by atoms with Crippen molar-refractivity contribution in [2.75, 3.05) is 24.7 Å². The van der Waals surface area contributed by atoms with Crippen LogP contribution in [0.2, 0.25) is 0 Å². The summed E-state index contributed by atoms with van der Waals surface area (Å²) in [6, 6.07) is 16.4. The van der Waals surface area contributed by atoms with Crippen LogP contribution in [0.3, 0.4) is 0 Å². The zero-order chi connectivity index (χ0) is 16.8. The Kier molecular flexibility index (Phi) is 5.49. The number of rotatable bonds is 7. The second-order valence-electron chi connectivity index (χ2n) is 5.98. The molecule has 0 spiro atoms. The Labute approximate surface area is 143 Å². The summed E-state index contributed by atoms with van der Waals surface area (Å²) in [7, 11) is 0. The van der Waals surface area contributed by atoms with Crippen LogP contribution < -0.4 is 10.2 Å². The maximum atomic E-state index is 12.1. The number of nitrogens with one attached hydrogen (secondary N) is 1. The van der Waals surface area contributed by atoms with Crippen LogP contribution in [-0.4, -0.2) is 25.7 Å². The molecular formula is C20H24N2O2. The van der Waals surface area contributed by atoms with Crippen LogP contribution in [0.4, 0.5) is 5.69 Å². The minimum Gasteiger partial charge on any atom is -0.382 e. The monoisotopic (exact) mass is 324 g/mol. The minimum absolute atomic E-state index is 0.0252. The largest absolute Gasteiger partial charge is 0.382 e. The average molecular weight is 324 g/mol. The number of fused-ring (bicyclic) bond motifs is 1. The van der Waals surface area contributed by atoms with Gasteiger partial charge in [0.05, 0.1) is 0 Å². The van der Waals surface area contributed by atoms with Gasteiger partial charge < -0.3 is 15.0 Å². The minimum atomic E-state index is -0.0252. The third kappa shape index (κ3) is 3.95. The predicted molar refractivity (Wildman–Crippen MR) is 96.2 cm³/mol. The second-order valence-corrected chi connectivity index (χ2v) is 5.98. The van der Waals surface area contributed by atoms with Crippen molar-refractivity contribution < 1.29 is 9.53 Å². The Bertz CT molecular complexity index is 657. The Hall–Kier alpha value is -2.33. The van der Waals surface area contributed by atoms with Crippen molar-refractivity contribution in [3.8, 4) is 0 Å². The molecule has 0 atom stereocenters. The maximum Gasteiger partial charge on any atom is 0.251 e. The zero-order valence-electron chi connectivity index (χ0n) is 14.1. The van der Waals surface area contributed by atoms with Crippen molar-refractivity contribution in [3.63, 3.8) is 0 Å². The van der Waals surface area contributed by atoms with E-state index in [0.717, 1.165) is 31.8 Å². The molecule has 0 aromatic heterocycles. The summed E-state index contributed by atoms with van der Waals surface area (Å²) in [5.74, 6) is -0.0252. The van der Waals surface area contributed by atoms with Gasteiger partial charge in [-0.25, -0.2) is 0 Å². The molecule has 1 aliphatic rings. The van der Waals surface area contributed by atoms with Crippen LogP contribution in [0.5, 0.6) is 0 Å². The Balaban J connectivity index is 1.53. The lowest BCUT2D eigenvalue weighted by Gasteiger charge is -2.18. The van der Waals surface area contributed by atoms with Crippen LogP contribution in [0.15, 0.2) is 48.5 Å². The Morgan fingerprint density at radius 1 is 1.08 bits per heavy atom. The number of carbonyl (C=O) groups is 1. The van der Waals surface area contributed by atoms with Gasteiger partial charge >= 0.3 is 0 Å². The number of benzene rings is 2. The highest BCUT2D eigenvalue weighted by Crippen LogP contribution is 2.28. The number of hydrogen-bond acceptors (Lipinski definition) is 3. The molecule has 1 N–H and O–H groups in total. The van der Waals surface area contributed by atoms with E-state index in [-0.39, 0.29) is 5.91 Å². The number of amides is 1. The lowest BCUT2D eigenvalue weighted by Crippen LogP contribution is -2.25. The summed E-state index contributed by atoms with van der Waals surface area (Å²) in [4.78, 5) is 14.5. The summed E-state index contributed by atoms with van der Waals surface area (Å²) in [6.45, 7) is 5.88. The topological polar surface area (TPSA) is 41.6 Å². The molecule has 126 valence electrons. The number of nitrogens with zero attached hydrogens (tertiary/aromatic N) is 1. The molecule has 2 aromatic rings. The summed E-state index contributed by atoms with van der Waals surface area (Å²) in [5.41, 5.74) is 4.62. The first-order valence-corrected chi connectivity index (χ1v) is 8.55. The van der Waals surface area contributed by atoms with E-state index in [9.17, 15) is 4.79 Å². The van der Waals surface area contributed by atoms with Crippen LogP contribution >= 0.6 is 0 Å². The van der Waals surface area contributed by atoms with Gasteiger partial charge in [0.15, 0.2) is 0 Å². The van der Waals surface area contributed by atoms with Gasteiger partial charge in [-0.05, 0) is 48.7 Å². The van der Waals surface area contributed by atoms with Crippen molar-refractivity contribution in [2.24, 2.45) is 0 Å². The Morgan fingerprint density at radius 2 is 1.75 bits per heavy atom. The Morgan fingerprint density at radius 3 is 2.38 bits per heavy atom. The molecule has 0 fully saturated rings. The molecule has 2 aromatic carbocycles. The molecule has 24 heavy (non-hydrogen) atoms. The first-order valence-electron chi connectivity index (χ1n) is 8.55. The molecule has 4 heteroatoms. The van der Waals surface area contributed by atoms with Crippen molar-refractivity contribution in [2.45, 2.75) is 26.4 Å². The van der Waals surface area contributed by atoms with Gasteiger partial charge in [0.1, 0.15) is 0 Å². The van der Waals surface area contributed by atoms with Gasteiger partial charge in [0, 0.05) is 44.1 Å². The molecule has 0 aliphatic carbocycles. The fraction of sp³-hybridized carbons (Fsp3) is 0.350. The quantitative estimate of drug-likeness (QED) is 0.794. The van der Waals surface area contributed by atoms with Crippen molar-refractivity contribution in [1.82, 2.24) is 5.32 Å². The van der Waals surface area contributed by atoms with Gasteiger partial charge in [0.25, 0.3) is 5.91 Å². The lowest BCUT2D eigenvalue weighted by molar-refractivity contribution is 0.0944. The van der Waals surface area contributed by atoms with E-state index in [2.05, 4.69) is 34.5 Å². The standard InChI is InChI=1S/C20H24N2O2/c1-2-24-13-5-12-21-20(23)16-8-10-19(11-9-16)22-14-17-6-3-4-7-18(17)15-22/h3-4,6-11H,2,5,12-15H2,1H3,(H,21,23). The highest BCUT2D eigenvalue weighted by atomic mass is 16.5. The highest BCUT2D eigenvalue weighted by molar-refractivity contribution is 5.94. The van der Waals surface area contributed by atoms with E-state index in [4.69, 9.17) is 4.74 Å². The third-order valence-corrected chi connectivity index (χ3v) is 4.29. The van der Waals surface area contributed by atoms with Gasteiger partial charge in [-0.15, -0.1) is 0 Å². The van der Waals surface area contributed by atoms with Crippen molar-refractivity contribution in [3.05, 3.63) is 65.2 Å². The van der Waals surface area contributed by atoms with E-state index in [1.54, 1.807) is 0 Å². The fourth-order valence-corrected chi connectivity index (χ4v) is 2.96. The van der Waals surface area contributed by atoms with Crippen LogP contribution in [0.25, 0.3) is 0 Å². The first kappa shape index (κ1) is 16.5. The zero-order valence-corrected chi connectivity index (χ0v) is 14.1. The van der Waals surface area contributed by atoms with E-state index in [1.165, 1.54) is 11.1 Å². The number of ether oxygens (including phenoxy) is 1. The molecule has 0 bridgehead atoms. The van der Waals surface area contributed by atoms with Crippen molar-refractivity contribution in [1.29, 1.82) is 0 Å². The number of hydrogen-bond donors (Lipinski definition) is 1. The first-order chi connectivity index (χ1) is 11.8. The number of carbonyl (C=O) groups excluding carboxylic acids is 1. The maximum absolute atomic E-state index is 12.1. The predicted octanol–water partition coefficient (Wildman–Crippen LogP) is 3.36. The molecule has 0 saturated carbocycles. The molecule has 0 saturated heterocycles. The second kappa shape index (κ2) is 7.97. The van der Waals surface area contributed by atoms with E-state index >= 15 is 0 Å². The summed E-state index contributed by atoms with van der Waals surface area (Å²) >= 11 is 0. The molecule has 1 amide bonds. The van der Waals surface area contributed by atoms with E-state index < -0.39 is 0 Å². The molecule has 0 radical (unpaired) electrons. The van der Waals surface area contributed by atoms with Gasteiger partial charge in [-0.3, -0.25) is 4.79 Å². The molecule has 1 heterocycles. The van der Waals surface area contributed by atoms with Gasteiger partial charge in [-0.1, -0.05) is 24.3 Å². The average Bonchev–Trinajstić information content (AvgIpc) is 3.05. The van der Waals surface area contributed by atoms with Crippen molar-refractivity contribution >= 4 is 11.6 Å². The molecule has 3 rings (SSSR count). The summed E-state index contributed by atoms with van der Waals surface area (Å²) in [5, 5.41) is 2.93. The van der Waals surface area contributed by atoms with Gasteiger partial charge in [-0.2, -0.15) is 0 Å². The summed E-state index contributed by atoms with van der Waals surface area (Å²) in [6.07, 6.45) is 0.837. The smallest absolute Gasteiger partial charge is 0.251 e. The molecule has 0 unspecified atom stereocenters. The third-order valence-electron chi connectivity index (χ3n) is 4.29. The van der Waals surface area contributed by atoms with E-state index in [0.29, 0.717) is 18.7 Å². The SMILES string of the molecule is CCOCCCNC(=O)c1ccc(N2Cc3ccccc3C2)cc1. The van der Waals surface area contributed by atoms with Crippen LogP contribution in [0.1, 0.15) is 34.8 Å². The van der Waals surface area contributed by atoms with Gasteiger partial charge in [0.2, 0.25) is 0 Å². The normalized spacial score (nSPS) is 13.0. The lowest BCUT2D eigenvalue weighted by atomic mass is 10.1. The highest BCUT2D eigenvalue weighted by Gasteiger charge is 2.18. The number of anilines is 1. The van der Waals surface area contributed by atoms with Crippen LogP contribution in [-0.2, 0) is 17.8 Å². The molecule has 4 nitrogen and oxygen atoms in total. The molecule has 1 aliphatic heterocycles. The van der Waals surface area contributed by atoms with Crippen LogP contribution in [0, 0.1) is 0 Å². The van der Waals surface area contributed by atoms with E-state index in [1.807, 2.05) is 31.2 Å². The molecular weight excluding hydrogens is 300 g/mol. The summed E-state index contributed by atoms with van der Waals surface area (Å²) < 4.78 is 5.26.